The number of likely N-dealkylation sites (tertiary alicyclic amines) is 1. The molecule has 2 saturated heterocycles. The molecule has 2 aliphatic rings. The van der Waals surface area contributed by atoms with Gasteiger partial charge in [0, 0.05) is 30.3 Å². The molecule has 28 heavy (non-hydrogen) atoms. The maximum absolute atomic E-state index is 6.01. The Hall–Kier alpha value is -0.570. The van der Waals surface area contributed by atoms with Crippen molar-refractivity contribution in [2.75, 3.05) is 39.4 Å². The van der Waals surface area contributed by atoms with Gasteiger partial charge in [0.15, 0.2) is 5.96 Å². The molecule has 1 atom stereocenters. The zero-order valence-electron chi connectivity index (χ0n) is 17.0. The van der Waals surface area contributed by atoms with Crippen molar-refractivity contribution < 1.29 is 4.74 Å². The first kappa shape index (κ1) is 23.7. The Labute approximate surface area is 191 Å². The van der Waals surface area contributed by atoms with Crippen molar-refractivity contribution in [1.29, 1.82) is 0 Å². The number of guanidine groups is 1. The molecule has 1 aromatic carbocycles. The molecule has 0 saturated carbocycles. The van der Waals surface area contributed by atoms with E-state index < -0.39 is 0 Å². The predicted octanol–water partition coefficient (Wildman–Crippen LogP) is 4.22. The highest BCUT2D eigenvalue weighted by atomic mass is 127. The molecule has 0 radical (unpaired) electrons. The van der Waals surface area contributed by atoms with Gasteiger partial charge in [-0.25, -0.2) is 0 Å². The maximum Gasteiger partial charge on any atom is 0.191 e. The number of hydrogen-bond donors (Lipinski definition) is 2. The van der Waals surface area contributed by atoms with Gasteiger partial charge in [-0.3, -0.25) is 9.89 Å². The van der Waals surface area contributed by atoms with Crippen LogP contribution in [0.5, 0.6) is 0 Å². The number of halogens is 2. The third-order valence-electron chi connectivity index (χ3n) is 5.80. The van der Waals surface area contributed by atoms with Gasteiger partial charge in [-0.1, -0.05) is 23.7 Å². The van der Waals surface area contributed by atoms with Crippen LogP contribution in [0.4, 0.5) is 0 Å². The second-order valence-electron chi connectivity index (χ2n) is 7.64. The fourth-order valence-corrected chi connectivity index (χ4v) is 4.23. The molecule has 2 N–H and O–H groups in total. The molecule has 1 unspecified atom stereocenters. The number of hydrogen-bond acceptors (Lipinski definition) is 3. The highest BCUT2D eigenvalue weighted by Gasteiger charge is 2.39. The van der Waals surface area contributed by atoms with Gasteiger partial charge >= 0.3 is 0 Å². The van der Waals surface area contributed by atoms with Gasteiger partial charge in [-0.05, 0) is 70.3 Å². The van der Waals surface area contributed by atoms with Crippen LogP contribution in [0.15, 0.2) is 29.3 Å². The first-order chi connectivity index (χ1) is 13.1. The molecule has 2 aliphatic heterocycles. The van der Waals surface area contributed by atoms with Crippen LogP contribution >= 0.6 is 35.6 Å². The lowest BCUT2D eigenvalue weighted by molar-refractivity contribution is -0.0139. The van der Waals surface area contributed by atoms with Crippen LogP contribution < -0.4 is 10.6 Å². The molecule has 1 aromatic rings. The Kier molecular flexibility index (Phi) is 9.80. The van der Waals surface area contributed by atoms with Gasteiger partial charge in [-0.15, -0.1) is 24.0 Å². The second-order valence-corrected chi connectivity index (χ2v) is 8.08. The lowest BCUT2D eigenvalue weighted by atomic mass is 9.88. The minimum absolute atomic E-state index is 0. The fraction of sp³-hybridized carbons (Fsp3) is 0.667. The highest BCUT2D eigenvalue weighted by molar-refractivity contribution is 14.0. The average Bonchev–Trinajstić information content (AvgIpc) is 3.23. The molecule has 0 bridgehead atoms. The van der Waals surface area contributed by atoms with E-state index in [2.05, 4.69) is 41.5 Å². The summed E-state index contributed by atoms with van der Waals surface area (Å²) >= 11 is 6.01. The number of rotatable bonds is 6. The standard InChI is InChI=1S/C21H33ClN4O.HI/c1-3-23-20(25-17(2)18-6-8-19(22)9-7-18)24-16-21(10-14-27-15-11-21)26-12-4-5-13-26;/h6-9,17H,3-5,10-16H2,1-2H3,(H2,23,24,25);1H. The van der Waals surface area contributed by atoms with Crippen LogP contribution in [-0.4, -0.2) is 55.8 Å². The third-order valence-corrected chi connectivity index (χ3v) is 6.05. The van der Waals surface area contributed by atoms with E-state index in [0.29, 0.717) is 0 Å². The maximum atomic E-state index is 6.01. The van der Waals surface area contributed by atoms with Crippen molar-refractivity contribution in [3.63, 3.8) is 0 Å². The largest absolute Gasteiger partial charge is 0.381 e. The van der Waals surface area contributed by atoms with Crippen molar-refractivity contribution in [3.8, 4) is 0 Å². The van der Waals surface area contributed by atoms with Gasteiger partial charge in [0.1, 0.15) is 0 Å². The smallest absolute Gasteiger partial charge is 0.191 e. The number of ether oxygens (including phenoxy) is 1. The molecule has 0 spiro atoms. The van der Waals surface area contributed by atoms with Crippen LogP contribution in [0.1, 0.15) is 51.1 Å². The number of nitrogens with zero attached hydrogens (tertiary/aromatic N) is 2. The Balaban J connectivity index is 0.00000280. The van der Waals surface area contributed by atoms with E-state index in [9.17, 15) is 0 Å². The van der Waals surface area contributed by atoms with E-state index in [1.807, 2.05) is 12.1 Å². The summed E-state index contributed by atoms with van der Waals surface area (Å²) in [6, 6.07) is 8.16. The van der Waals surface area contributed by atoms with Crippen molar-refractivity contribution in [3.05, 3.63) is 34.9 Å². The molecule has 3 rings (SSSR count). The molecule has 158 valence electrons. The second kappa shape index (κ2) is 11.6. The minimum Gasteiger partial charge on any atom is -0.381 e. The van der Waals surface area contributed by atoms with Gasteiger partial charge in [0.2, 0.25) is 0 Å². The number of aliphatic imine (C=N–C) groups is 1. The first-order valence-electron chi connectivity index (χ1n) is 10.3. The van der Waals surface area contributed by atoms with Gasteiger partial charge in [-0.2, -0.15) is 0 Å². The topological polar surface area (TPSA) is 48.9 Å². The van der Waals surface area contributed by atoms with Crippen LogP contribution in [0.2, 0.25) is 5.02 Å². The number of nitrogens with one attached hydrogen (secondary N) is 2. The zero-order chi connectivity index (χ0) is 19.1. The minimum atomic E-state index is 0. The van der Waals surface area contributed by atoms with E-state index in [1.54, 1.807) is 0 Å². The van der Waals surface area contributed by atoms with Gasteiger partial charge in [0.25, 0.3) is 0 Å². The zero-order valence-corrected chi connectivity index (χ0v) is 20.1. The van der Waals surface area contributed by atoms with Gasteiger partial charge in [0.05, 0.1) is 12.6 Å². The molecule has 2 heterocycles. The van der Waals surface area contributed by atoms with Crippen LogP contribution in [-0.2, 0) is 4.74 Å². The molecular formula is C21H34ClIN4O. The Morgan fingerprint density at radius 3 is 2.46 bits per heavy atom. The highest BCUT2D eigenvalue weighted by Crippen LogP contribution is 2.31. The SMILES string of the molecule is CCNC(=NCC1(N2CCCC2)CCOCC1)NC(C)c1ccc(Cl)cc1.I. The molecule has 0 aromatic heterocycles. The van der Waals surface area contributed by atoms with E-state index in [1.165, 1.54) is 31.5 Å². The molecule has 2 fully saturated rings. The summed E-state index contributed by atoms with van der Waals surface area (Å²) in [5.74, 6) is 0.880. The summed E-state index contributed by atoms with van der Waals surface area (Å²) in [7, 11) is 0. The molecular weight excluding hydrogens is 487 g/mol. The number of benzene rings is 1. The summed E-state index contributed by atoms with van der Waals surface area (Å²) in [5, 5.41) is 7.71. The van der Waals surface area contributed by atoms with E-state index >= 15 is 0 Å². The Bertz CT molecular complexity index is 613. The van der Waals surface area contributed by atoms with Crippen molar-refractivity contribution in [2.24, 2.45) is 4.99 Å². The van der Waals surface area contributed by atoms with Crippen LogP contribution in [0.25, 0.3) is 0 Å². The summed E-state index contributed by atoms with van der Waals surface area (Å²) < 4.78 is 5.65. The van der Waals surface area contributed by atoms with Crippen LogP contribution in [0, 0.1) is 0 Å². The summed E-state index contributed by atoms with van der Waals surface area (Å²) in [4.78, 5) is 7.67. The van der Waals surface area contributed by atoms with Crippen molar-refractivity contribution >= 4 is 41.5 Å². The molecule has 0 amide bonds. The Morgan fingerprint density at radius 2 is 1.86 bits per heavy atom. The summed E-state index contributed by atoms with van der Waals surface area (Å²) in [6.45, 7) is 10.0. The lowest BCUT2D eigenvalue weighted by Crippen LogP contribution is -2.54. The molecule has 7 heteroatoms. The average molecular weight is 521 g/mol. The fourth-order valence-electron chi connectivity index (χ4n) is 4.10. The van der Waals surface area contributed by atoms with Crippen molar-refractivity contribution in [1.82, 2.24) is 15.5 Å². The Morgan fingerprint density at radius 1 is 1.21 bits per heavy atom. The first-order valence-corrected chi connectivity index (χ1v) is 10.6. The normalized spacial score (nSPS) is 21.0. The summed E-state index contributed by atoms with van der Waals surface area (Å²) in [5.41, 5.74) is 1.35. The van der Waals surface area contributed by atoms with Crippen molar-refractivity contribution in [2.45, 2.75) is 51.1 Å². The lowest BCUT2D eigenvalue weighted by Gasteiger charge is -2.43. The predicted molar refractivity (Wildman–Crippen MR) is 128 cm³/mol. The van der Waals surface area contributed by atoms with E-state index in [0.717, 1.165) is 50.1 Å². The van der Waals surface area contributed by atoms with Gasteiger partial charge < -0.3 is 15.4 Å². The summed E-state index contributed by atoms with van der Waals surface area (Å²) in [6.07, 6.45) is 4.75. The van der Waals surface area contributed by atoms with E-state index in [-0.39, 0.29) is 35.6 Å². The molecule has 5 nitrogen and oxygen atoms in total. The third kappa shape index (κ3) is 6.21. The monoisotopic (exact) mass is 520 g/mol. The van der Waals surface area contributed by atoms with Crippen LogP contribution in [0.3, 0.4) is 0 Å². The molecule has 0 aliphatic carbocycles. The van der Waals surface area contributed by atoms with E-state index in [4.69, 9.17) is 21.3 Å². The quantitative estimate of drug-likeness (QED) is 0.335.